The highest BCUT2D eigenvalue weighted by molar-refractivity contribution is 7.99. The summed E-state index contributed by atoms with van der Waals surface area (Å²) in [7, 11) is 0. The zero-order valence-electron chi connectivity index (χ0n) is 18.5. The van der Waals surface area contributed by atoms with Gasteiger partial charge in [0.1, 0.15) is 5.82 Å². The summed E-state index contributed by atoms with van der Waals surface area (Å²) in [6.07, 6.45) is 1.68. The van der Waals surface area contributed by atoms with Crippen LogP contribution in [0.15, 0.2) is 72.0 Å². The van der Waals surface area contributed by atoms with Crippen LogP contribution in [0.4, 0.5) is 4.39 Å². The van der Waals surface area contributed by atoms with E-state index < -0.39 is 5.97 Å². The van der Waals surface area contributed by atoms with Gasteiger partial charge in [0.05, 0.1) is 47.7 Å². The molecule has 0 aliphatic carbocycles. The standard InChI is InChI=1S/C25H23FN4O3S/c1-2-33-24(32)18-9-10-22-21(13-18)29-25(30(22)15-17-6-5-7-19(26)12-17)34-16-23(31)28-14-20-8-3-4-11-27-20/h3-13H,2,14-16H2,1H3,(H,28,31). The van der Waals surface area contributed by atoms with Crippen LogP contribution in [-0.4, -0.2) is 38.8 Å². The molecule has 4 aromatic rings. The summed E-state index contributed by atoms with van der Waals surface area (Å²) in [4.78, 5) is 33.4. The molecule has 2 aromatic carbocycles. The van der Waals surface area contributed by atoms with Gasteiger partial charge in [0.2, 0.25) is 5.91 Å². The molecule has 7 nitrogen and oxygen atoms in total. The molecule has 0 unspecified atom stereocenters. The lowest BCUT2D eigenvalue weighted by Crippen LogP contribution is -2.25. The quantitative estimate of drug-likeness (QED) is 0.287. The van der Waals surface area contributed by atoms with Crippen molar-refractivity contribution in [1.29, 1.82) is 0 Å². The third-order valence-electron chi connectivity index (χ3n) is 4.98. The van der Waals surface area contributed by atoms with E-state index in [2.05, 4.69) is 15.3 Å². The third kappa shape index (κ3) is 5.79. The maximum atomic E-state index is 13.8. The Morgan fingerprint density at radius 1 is 1.12 bits per heavy atom. The Morgan fingerprint density at radius 2 is 2.00 bits per heavy atom. The van der Waals surface area contributed by atoms with Crippen LogP contribution in [0, 0.1) is 5.82 Å². The fourth-order valence-electron chi connectivity index (χ4n) is 3.40. The van der Waals surface area contributed by atoms with Gasteiger partial charge in [0, 0.05) is 6.20 Å². The lowest BCUT2D eigenvalue weighted by atomic mass is 10.2. The summed E-state index contributed by atoms with van der Waals surface area (Å²) in [5.41, 5.74) is 3.29. The molecule has 2 heterocycles. The van der Waals surface area contributed by atoms with E-state index in [1.165, 1.54) is 23.9 Å². The number of hydrogen-bond acceptors (Lipinski definition) is 6. The Bertz CT molecular complexity index is 1310. The second-order valence-corrected chi connectivity index (χ2v) is 8.36. The van der Waals surface area contributed by atoms with Gasteiger partial charge in [0.25, 0.3) is 0 Å². The smallest absolute Gasteiger partial charge is 0.338 e. The lowest BCUT2D eigenvalue weighted by Gasteiger charge is -2.10. The number of halogens is 1. The maximum absolute atomic E-state index is 13.8. The predicted octanol–water partition coefficient (Wildman–Crippen LogP) is 4.20. The Balaban J connectivity index is 1.56. The number of hydrogen-bond donors (Lipinski definition) is 1. The molecule has 0 aliphatic heterocycles. The van der Waals surface area contributed by atoms with Crippen LogP contribution in [0.25, 0.3) is 11.0 Å². The Hall–Kier alpha value is -3.72. The van der Waals surface area contributed by atoms with E-state index in [0.717, 1.165) is 16.8 Å². The van der Waals surface area contributed by atoms with Crippen molar-refractivity contribution < 1.29 is 18.7 Å². The fourth-order valence-corrected chi connectivity index (χ4v) is 4.25. The molecule has 0 saturated carbocycles. The van der Waals surface area contributed by atoms with Crippen LogP contribution in [0.5, 0.6) is 0 Å². The lowest BCUT2D eigenvalue weighted by molar-refractivity contribution is -0.118. The molecule has 1 amide bonds. The number of thioether (sulfide) groups is 1. The molecular formula is C25H23FN4O3S. The average molecular weight is 479 g/mol. The molecule has 0 spiro atoms. The van der Waals surface area contributed by atoms with Gasteiger partial charge in [-0.2, -0.15) is 0 Å². The second kappa shape index (κ2) is 10.9. The highest BCUT2D eigenvalue weighted by Crippen LogP contribution is 2.26. The number of ether oxygens (including phenoxy) is 1. The van der Waals surface area contributed by atoms with E-state index in [4.69, 9.17) is 4.74 Å². The van der Waals surface area contributed by atoms with Crippen molar-refractivity contribution in [3.8, 4) is 0 Å². The van der Waals surface area contributed by atoms with Gasteiger partial charge in [-0.15, -0.1) is 0 Å². The van der Waals surface area contributed by atoms with Gasteiger partial charge in [-0.1, -0.05) is 30.0 Å². The first kappa shape index (κ1) is 23.4. The van der Waals surface area contributed by atoms with Crippen LogP contribution in [0.1, 0.15) is 28.5 Å². The van der Waals surface area contributed by atoms with Crippen LogP contribution in [0.3, 0.4) is 0 Å². The van der Waals surface area contributed by atoms with Crippen LogP contribution in [0.2, 0.25) is 0 Å². The van der Waals surface area contributed by atoms with Gasteiger partial charge >= 0.3 is 5.97 Å². The molecule has 0 atom stereocenters. The third-order valence-corrected chi connectivity index (χ3v) is 5.96. The first-order valence-electron chi connectivity index (χ1n) is 10.7. The molecule has 0 bridgehead atoms. The largest absolute Gasteiger partial charge is 0.462 e. The molecule has 174 valence electrons. The summed E-state index contributed by atoms with van der Waals surface area (Å²) in [6.45, 7) is 2.73. The molecule has 0 saturated heterocycles. The van der Waals surface area contributed by atoms with E-state index in [0.29, 0.717) is 29.3 Å². The normalized spacial score (nSPS) is 10.9. The number of esters is 1. The van der Waals surface area contributed by atoms with Gasteiger partial charge in [-0.05, 0) is 55.0 Å². The van der Waals surface area contributed by atoms with Gasteiger partial charge in [-0.3, -0.25) is 9.78 Å². The Kier molecular flexibility index (Phi) is 7.54. The van der Waals surface area contributed by atoms with Crippen LogP contribution < -0.4 is 5.32 Å². The first-order valence-corrected chi connectivity index (χ1v) is 11.7. The summed E-state index contributed by atoms with van der Waals surface area (Å²) in [5.74, 6) is -0.765. The zero-order valence-corrected chi connectivity index (χ0v) is 19.3. The number of nitrogens with zero attached hydrogens (tertiary/aromatic N) is 3. The maximum Gasteiger partial charge on any atom is 0.338 e. The van der Waals surface area contributed by atoms with Crippen molar-refractivity contribution in [2.45, 2.75) is 25.2 Å². The van der Waals surface area contributed by atoms with E-state index in [9.17, 15) is 14.0 Å². The second-order valence-electron chi connectivity index (χ2n) is 7.42. The number of benzene rings is 2. The highest BCUT2D eigenvalue weighted by atomic mass is 32.2. The fraction of sp³-hybridized carbons (Fsp3) is 0.200. The molecule has 34 heavy (non-hydrogen) atoms. The highest BCUT2D eigenvalue weighted by Gasteiger charge is 2.16. The number of nitrogens with one attached hydrogen (secondary N) is 1. The molecule has 0 aliphatic rings. The van der Waals surface area contributed by atoms with E-state index in [1.807, 2.05) is 28.8 Å². The Morgan fingerprint density at radius 3 is 2.76 bits per heavy atom. The van der Waals surface area contributed by atoms with Gasteiger partial charge in [-0.25, -0.2) is 14.2 Å². The number of imidazole rings is 1. The van der Waals surface area contributed by atoms with E-state index >= 15 is 0 Å². The van der Waals surface area contributed by atoms with Crippen LogP contribution in [-0.2, 0) is 22.6 Å². The molecular weight excluding hydrogens is 455 g/mol. The first-order chi connectivity index (χ1) is 16.5. The average Bonchev–Trinajstić information content (AvgIpc) is 3.18. The van der Waals surface area contributed by atoms with E-state index in [1.54, 1.807) is 37.4 Å². The van der Waals surface area contributed by atoms with Crippen molar-refractivity contribution >= 4 is 34.7 Å². The minimum Gasteiger partial charge on any atom is -0.462 e. The van der Waals surface area contributed by atoms with Gasteiger partial charge < -0.3 is 14.6 Å². The SMILES string of the molecule is CCOC(=O)c1ccc2c(c1)nc(SCC(=O)NCc1ccccn1)n2Cc1cccc(F)c1. The predicted molar refractivity (Wildman–Crippen MR) is 128 cm³/mol. The molecule has 0 radical (unpaired) electrons. The number of carbonyl (C=O) groups excluding carboxylic acids is 2. The number of pyridine rings is 1. The molecule has 0 fully saturated rings. The van der Waals surface area contributed by atoms with Crippen molar-refractivity contribution in [3.63, 3.8) is 0 Å². The monoisotopic (exact) mass is 478 g/mol. The van der Waals surface area contributed by atoms with E-state index in [-0.39, 0.29) is 24.1 Å². The molecule has 2 aromatic heterocycles. The number of aromatic nitrogens is 3. The molecule has 4 rings (SSSR count). The topological polar surface area (TPSA) is 86.1 Å². The zero-order chi connectivity index (χ0) is 23.9. The Labute approximate surface area is 200 Å². The molecule has 1 N–H and O–H groups in total. The minimum atomic E-state index is -0.424. The summed E-state index contributed by atoms with van der Waals surface area (Å²) in [5, 5.41) is 3.44. The molecule has 9 heteroatoms. The number of fused-ring (bicyclic) bond motifs is 1. The van der Waals surface area contributed by atoms with Crippen molar-refractivity contribution in [3.05, 3.63) is 89.5 Å². The number of carbonyl (C=O) groups is 2. The van der Waals surface area contributed by atoms with Gasteiger partial charge in [0.15, 0.2) is 5.16 Å². The van der Waals surface area contributed by atoms with Crippen LogP contribution >= 0.6 is 11.8 Å². The van der Waals surface area contributed by atoms with Crippen molar-refractivity contribution in [1.82, 2.24) is 19.9 Å². The number of rotatable bonds is 9. The summed E-state index contributed by atoms with van der Waals surface area (Å²) >= 11 is 1.27. The van der Waals surface area contributed by atoms with Crippen molar-refractivity contribution in [2.75, 3.05) is 12.4 Å². The number of amides is 1. The summed E-state index contributed by atoms with van der Waals surface area (Å²) in [6, 6.07) is 17.0. The summed E-state index contributed by atoms with van der Waals surface area (Å²) < 4.78 is 20.8. The van der Waals surface area contributed by atoms with Crippen molar-refractivity contribution in [2.24, 2.45) is 0 Å². The minimum absolute atomic E-state index is 0.143.